The van der Waals surface area contributed by atoms with E-state index >= 15 is 0 Å². The molecule has 1 aliphatic heterocycles. The summed E-state index contributed by atoms with van der Waals surface area (Å²) in [5, 5.41) is 2.14. The molecule has 3 nitrogen and oxygen atoms in total. The van der Waals surface area contributed by atoms with Crippen LogP contribution in [0.25, 0.3) is 12.2 Å². The Morgan fingerprint density at radius 1 is 1.18 bits per heavy atom. The first-order valence-electron chi connectivity index (χ1n) is 9.77. The molecule has 1 saturated carbocycles. The number of esters is 1. The summed E-state index contributed by atoms with van der Waals surface area (Å²) >= 11 is 0. The number of hydrogen-bond donors (Lipinski definition) is 0. The summed E-state index contributed by atoms with van der Waals surface area (Å²) < 4.78 is 11.3. The Bertz CT molecular complexity index is 1020. The van der Waals surface area contributed by atoms with Crippen molar-refractivity contribution in [3.05, 3.63) is 76.7 Å². The molecule has 0 spiro atoms. The molecule has 144 valence electrons. The number of benzene rings is 2. The Labute approximate surface area is 166 Å². The zero-order chi connectivity index (χ0) is 19.7. The highest BCUT2D eigenvalue weighted by Gasteiger charge is 2.55. The summed E-state index contributed by atoms with van der Waals surface area (Å²) in [6, 6.07) is 16.1. The van der Waals surface area contributed by atoms with Crippen molar-refractivity contribution in [3.63, 3.8) is 0 Å². The fourth-order valence-corrected chi connectivity index (χ4v) is 4.54. The molecule has 1 heterocycles. The van der Waals surface area contributed by atoms with Crippen LogP contribution in [0.3, 0.4) is 0 Å². The molecule has 1 aliphatic carbocycles. The standard InChI is InChI=1S/C25H26O3/c1-17-12-21-16-28-24(26)25(21,13-17)14-20-8-10-22(11-9-20)27-15-19(3)23-7-5-4-6-18(23)2/h4-11,21H,1-2,12-16H2,3H3/b23-19+. The van der Waals surface area contributed by atoms with Crippen molar-refractivity contribution in [2.45, 2.75) is 26.2 Å². The fourth-order valence-electron chi connectivity index (χ4n) is 4.54. The fraction of sp³-hybridized carbons (Fsp3) is 0.320. The maximum absolute atomic E-state index is 12.4. The molecule has 2 unspecified atom stereocenters. The molecule has 0 N–H and O–H groups in total. The third-order valence-corrected chi connectivity index (χ3v) is 6.08. The van der Waals surface area contributed by atoms with E-state index in [0.29, 0.717) is 19.6 Å². The van der Waals surface area contributed by atoms with E-state index in [1.165, 1.54) is 5.57 Å². The smallest absolute Gasteiger partial charge is 0.313 e. The third-order valence-electron chi connectivity index (χ3n) is 6.08. The van der Waals surface area contributed by atoms with Crippen LogP contribution in [0.5, 0.6) is 5.75 Å². The van der Waals surface area contributed by atoms with Gasteiger partial charge < -0.3 is 9.47 Å². The molecule has 0 amide bonds. The number of cyclic esters (lactones) is 1. The zero-order valence-corrected chi connectivity index (χ0v) is 16.4. The number of allylic oxidation sites excluding steroid dienone is 1. The van der Waals surface area contributed by atoms with Crippen LogP contribution in [0, 0.1) is 11.3 Å². The average molecular weight is 374 g/mol. The van der Waals surface area contributed by atoms with Crippen molar-refractivity contribution in [3.8, 4) is 5.75 Å². The van der Waals surface area contributed by atoms with Gasteiger partial charge in [-0.1, -0.05) is 55.1 Å². The molecule has 0 aromatic heterocycles. The van der Waals surface area contributed by atoms with Crippen molar-refractivity contribution in [2.24, 2.45) is 11.3 Å². The van der Waals surface area contributed by atoms with Gasteiger partial charge in [-0.15, -0.1) is 0 Å². The average Bonchev–Trinajstić information content (AvgIpc) is 3.15. The number of ether oxygens (including phenoxy) is 2. The molecule has 2 aliphatic rings. The van der Waals surface area contributed by atoms with Crippen LogP contribution in [0.2, 0.25) is 0 Å². The number of rotatable bonds is 5. The first-order chi connectivity index (χ1) is 13.5. The molecular weight excluding hydrogens is 348 g/mol. The lowest BCUT2D eigenvalue weighted by molar-refractivity contribution is -0.146. The first kappa shape index (κ1) is 18.5. The lowest BCUT2D eigenvalue weighted by Gasteiger charge is -2.24. The second-order valence-corrected chi connectivity index (χ2v) is 8.13. The second kappa shape index (κ2) is 7.31. The van der Waals surface area contributed by atoms with Gasteiger partial charge >= 0.3 is 5.97 Å². The summed E-state index contributed by atoms with van der Waals surface area (Å²) in [5.41, 5.74) is 3.03. The Morgan fingerprint density at radius 3 is 2.68 bits per heavy atom. The van der Waals surface area contributed by atoms with Crippen LogP contribution in [-0.4, -0.2) is 19.2 Å². The second-order valence-electron chi connectivity index (χ2n) is 8.13. The van der Waals surface area contributed by atoms with Crippen LogP contribution in [0.1, 0.15) is 25.3 Å². The van der Waals surface area contributed by atoms with Crippen LogP contribution in [0.4, 0.5) is 0 Å². The number of hydrogen-bond acceptors (Lipinski definition) is 3. The van der Waals surface area contributed by atoms with Crippen molar-refractivity contribution in [1.82, 2.24) is 0 Å². The summed E-state index contributed by atoms with van der Waals surface area (Å²) in [6.07, 6.45) is 2.35. The molecule has 0 radical (unpaired) electrons. The van der Waals surface area contributed by atoms with Gasteiger partial charge in [0.05, 0.1) is 12.0 Å². The van der Waals surface area contributed by atoms with Crippen molar-refractivity contribution < 1.29 is 14.3 Å². The lowest BCUT2D eigenvalue weighted by Crippen LogP contribution is -2.31. The van der Waals surface area contributed by atoms with Crippen LogP contribution in [0.15, 0.2) is 60.7 Å². The van der Waals surface area contributed by atoms with E-state index in [1.54, 1.807) is 0 Å². The number of carbonyl (C=O) groups excluding carboxylic acids is 1. The minimum Gasteiger partial charge on any atom is -0.489 e. The summed E-state index contributed by atoms with van der Waals surface area (Å²) in [7, 11) is 0. The van der Waals surface area contributed by atoms with Crippen LogP contribution < -0.4 is 15.2 Å². The Kier molecular flexibility index (Phi) is 4.84. The Balaban J connectivity index is 1.46. The largest absolute Gasteiger partial charge is 0.489 e. The maximum atomic E-state index is 12.4. The van der Waals surface area contributed by atoms with Gasteiger partial charge in [-0.25, -0.2) is 0 Å². The van der Waals surface area contributed by atoms with E-state index in [0.717, 1.165) is 40.2 Å². The van der Waals surface area contributed by atoms with Gasteiger partial charge in [-0.05, 0) is 59.9 Å². The van der Waals surface area contributed by atoms with E-state index in [4.69, 9.17) is 9.47 Å². The summed E-state index contributed by atoms with van der Waals surface area (Å²) in [6.45, 7) is 11.3. The van der Waals surface area contributed by atoms with E-state index < -0.39 is 5.41 Å². The van der Waals surface area contributed by atoms with E-state index in [-0.39, 0.29) is 11.9 Å². The monoisotopic (exact) mass is 374 g/mol. The molecule has 3 heteroatoms. The van der Waals surface area contributed by atoms with Gasteiger partial charge in [-0.2, -0.15) is 0 Å². The highest BCUT2D eigenvalue weighted by Crippen LogP contribution is 2.52. The molecule has 28 heavy (non-hydrogen) atoms. The zero-order valence-electron chi connectivity index (χ0n) is 16.4. The quantitative estimate of drug-likeness (QED) is 0.594. The van der Waals surface area contributed by atoms with E-state index in [2.05, 4.69) is 38.3 Å². The van der Waals surface area contributed by atoms with Gasteiger partial charge in [0.1, 0.15) is 12.4 Å². The van der Waals surface area contributed by atoms with Crippen molar-refractivity contribution in [2.75, 3.05) is 13.2 Å². The SMILES string of the molecule is C=C1CC2COC(=O)C2(Cc2ccc(OC/C(C)=c3\ccccc3=C)cc2)C1. The minimum absolute atomic E-state index is 0.0615. The van der Waals surface area contributed by atoms with E-state index in [9.17, 15) is 4.79 Å². The maximum Gasteiger partial charge on any atom is 0.313 e. The van der Waals surface area contributed by atoms with Gasteiger partial charge in [0, 0.05) is 5.92 Å². The molecule has 2 fully saturated rings. The van der Waals surface area contributed by atoms with Gasteiger partial charge in [-0.3, -0.25) is 4.79 Å². The molecule has 1 saturated heterocycles. The molecule has 2 aromatic carbocycles. The summed E-state index contributed by atoms with van der Waals surface area (Å²) in [4.78, 5) is 12.4. The topological polar surface area (TPSA) is 35.5 Å². The Hall–Kier alpha value is -2.81. The van der Waals surface area contributed by atoms with Gasteiger partial charge in [0.25, 0.3) is 0 Å². The first-order valence-corrected chi connectivity index (χ1v) is 9.77. The molecule has 0 bridgehead atoms. The third kappa shape index (κ3) is 3.37. The molecule has 2 atom stereocenters. The predicted octanol–water partition coefficient (Wildman–Crippen LogP) is 3.40. The van der Waals surface area contributed by atoms with E-state index in [1.807, 2.05) is 30.3 Å². The van der Waals surface area contributed by atoms with Crippen LogP contribution in [-0.2, 0) is 16.0 Å². The normalized spacial score (nSPS) is 24.7. The molecular formula is C25H26O3. The lowest BCUT2D eigenvalue weighted by atomic mass is 9.75. The highest BCUT2D eigenvalue weighted by molar-refractivity contribution is 5.81. The van der Waals surface area contributed by atoms with Crippen molar-refractivity contribution in [1.29, 1.82) is 0 Å². The number of carbonyl (C=O) groups is 1. The molecule has 2 aromatic rings. The van der Waals surface area contributed by atoms with Gasteiger partial charge in [0.15, 0.2) is 0 Å². The highest BCUT2D eigenvalue weighted by atomic mass is 16.5. The predicted molar refractivity (Wildman–Crippen MR) is 111 cm³/mol. The number of fused-ring (bicyclic) bond motifs is 1. The molecule has 4 rings (SSSR count). The summed E-state index contributed by atoms with van der Waals surface area (Å²) in [5.74, 6) is 1.03. The minimum atomic E-state index is -0.415. The Morgan fingerprint density at radius 2 is 1.93 bits per heavy atom. The van der Waals surface area contributed by atoms with Crippen LogP contribution >= 0.6 is 0 Å². The van der Waals surface area contributed by atoms with Crippen molar-refractivity contribution >= 4 is 18.1 Å². The van der Waals surface area contributed by atoms with Gasteiger partial charge in [0.2, 0.25) is 0 Å².